The van der Waals surface area contributed by atoms with Crippen molar-refractivity contribution in [3.63, 3.8) is 0 Å². The van der Waals surface area contributed by atoms with Crippen LogP contribution in [0.1, 0.15) is 19.3 Å². The van der Waals surface area contributed by atoms with Gasteiger partial charge in [0.15, 0.2) is 0 Å². The van der Waals surface area contributed by atoms with E-state index in [1.54, 1.807) is 12.0 Å². The van der Waals surface area contributed by atoms with Gasteiger partial charge in [-0.3, -0.25) is 9.59 Å². The normalized spacial score (nSPS) is 18.5. The summed E-state index contributed by atoms with van der Waals surface area (Å²) < 4.78 is 4.92. The highest BCUT2D eigenvalue weighted by atomic mass is 16.5. The molecule has 1 saturated heterocycles. The van der Waals surface area contributed by atoms with Gasteiger partial charge in [0, 0.05) is 39.8 Å². The summed E-state index contributed by atoms with van der Waals surface area (Å²) in [6.07, 6.45) is 1.75. The third-order valence-electron chi connectivity index (χ3n) is 2.81. The van der Waals surface area contributed by atoms with E-state index in [9.17, 15) is 9.59 Å². The molecule has 0 aromatic heterocycles. The van der Waals surface area contributed by atoms with Gasteiger partial charge in [-0.2, -0.15) is 0 Å². The van der Waals surface area contributed by atoms with Crippen molar-refractivity contribution in [1.29, 1.82) is 0 Å². The Kier molecular flexibility index (Phi) is 5.93. The molecule has 0 saturated carbocycles. The Labute approximate surface area is 101 Å². The molecule has 0 aromatic rings. The van der Waals surface area contributed by atoms with E-state index in [2.05, 4.69) is 5.32 Å². The second-order valence-electron chi connectivity index (χ2n) is 4.17. The molecule has 6 nitrogen and oxygen atoms in total. The van der Waals surface area contributed by atoms with Gasteiger partial charge in [-0.15, -0.1) is 0 Å². The molecule has 1 unspecified atom stereocenters. The molecule has 1 rings (SSSR count). The van der Waals surface area contributed by atoms with Gasteiger partial charge in [-0.25, -0.2) is 0 Å². The van der Waals surface area contributed by atoms with Crippen molar-refractivity contribution in [2.24, 2.45) is 5.73 Å². The number of carbonyl (C=O) groups is 2. The molecule has 1 fully saturated rings. The van der Waals surface area contributed by atoms with E-state index in [1.165, 1.54) is 0 Å². The molecule has 0 aliphatic carbocycles. The highest BCUT2D eigenvalue weighted by Gasteiger charge is 2.22. The van der Waals surface area contributed by atoms with Crippen molar-refractivity contribution in [2.75, 3.05) is 33.4 Å². The lowest BCUT2D eigenvalue weighted by Gasteiger charge is -2.23. The third-order valence-corrected chi connectivity index (χ3v) is 2.81. The Morgan fingerprint density at radius 2 is 2.35 bits per heavy atom. The molecular weight excluding hydrogens is 222 g/mol. The number of carbonyl (C=O) groups excluding carboxylic acids is 2. The second-order valence-corrected chi connectivity index (χ2v) is 4.17. The number of nitrogens with zero attached hydrogens (tertiary/aromatic N) is 1. The van der Waals surface area contributed by atoms with Crippen molar-refractivity contribution in [3.8, 4) is 0 Å². The Morgan fingerprint density at radius 1 is 1.59 bits per heavy atom. The number of methoxy groups -OCH3 is 1. The molecule has 0 bridgehead atoms. The molecule has 1 heterocycles. The minimum Gasteiger partial charge on any atom is -0.385 e. The molecule has 2 amide bonds. The van der Waals surface area contributed by atoms with Gasteiger partial charge >= 0.3 is 0 Å². The summed E-state index contributed by atoms with van der Waals surface area (Å²) in [6.45, 7) is 2.13. The van der Waals surface area contributed by atoms with Gasteiger partial charge in [0.1, 0.15) is 0 Å². The number of amides is 2. The highest BCUT2D eigenvalue weighted by molar-refractivity contribution is 5.83. The molecule has 1 aliphatic rings. The number of hydrogen-bond donors (Lipinski definition) is 2. The maximum atomic E-state index is 12.0. The predicted molar refractivity (Wildman–Crippen MR) is 63.3 cm³/mol. The first-order chi connectivity index (χ1) is 8.15. The molecule has 0 spiro atoms. The number of hydrogen-bond acceptors (Lipinski definition) is 4. The zero-order chi connectivity index (χ0) is 12.7. The van der Waals surface area contributed by atoms with Crippen LogP contribution in [0.3, 0.4) is 0 Å². The lowest BCUT2D eigenvalue weighted by atomic mass is 10.1. The zero-order valence-electron chi connectivity index (χ0n) is 10.3. The van der Waals surface area contributed by atoms with Gasteiger partial charge in [-0.05, 0) is 12.8 Å². The van der Waals surface area contributed by atoms with Crippen LogP contribution >= 0.6 is 0 Å². The quantitative estimate of drug-likeness (QED) is 0.612. The van der Waals surface area contributed by atoms with Crippen molar-refractivity contribution >= 4 is 11.8 Å². The van der Waals surface area contributed by atoms with Gasteiger partial charge in [0.2, 0.25) is 11.8 Å². The van der Waals surface area contributed by atoms with E-state index in [-0.39, 0.29) is 11.8 Å². The zero-order valence-corrected chi connectivity index (χ0v) is 10.3. The lowest BCUT2D eigenvalue weighted by molar-refractivity contribution is -0.132. The van der Waals surface area contributed by atoms with Crippen LogP contribution in [-0.4, -0.2) is 56.1 Å². The van der Waals surface area contributed by atoms with Gasteiger partial charge in [0.05, 0.1) is 6.04 Å². The molecule has 6 heteroatoms. The Bertz CT molecular complexity index is 271. The predicted octanol–water partition coefficient (Wildman–Crippen LogP) is -0.911. The monoisotopic (exact) mass is 243 g/mol. The standard InChI is InChI=1S/C11H21N3O3/c1-17-8-2-3-9(12)11(16)14-6-4-10(15)13-5-7-14/h9H,2-8,12H2,1H3,(H,13,15). The number of rotatable bonds is 5. The summed E-state index contributed by atoms with van der Waals surface area (Å²) in [7, 11) is 1.62. The fourth-order valence-corrected chi connectivity index (χ4v) is 1.79. The lowest BCUT2D eigenvalue weighted by Crippen LogP contribution is -2.45. The number of ether oxygens (including phenoxy) is 1. The van der Waals surface area contributed by atoms with Crippen LogP contribution in [0.25, 0.3) is 0 Å². The summed E-state index contributed by atoms with van der Waals surface area (Å²) in [6, 6.07) is -0.488. The summed E-state index contributed by atoms with van der Waals surface area (Å²) in [5, 5.41) is 2.73. The fraction of sp³-hybridized carbons (Fsp3) is 0.818. The average molecular weight is 243 g/mol. The second kappa shape index (κ2) is 7.24. The van der Waals surface area contributed by atoms with Crippen LogP contribution in [-0.2, 0) is 14.3 Å². The molecule has 17 heavy (non-hydrogen) atoms. The smallest absolute Gasteiger partial charge is 0.239 e. The average Bonchev–Trinajstić information content (AvgIpc) is 2.53. The summed E-state index contributed by atoms with van der Waals surface area (Å²) >= 11 is 0. The van der Waals surface area contributed by atoms with Crippen LogP contribution in [0.15, 0.2) is 0 Å². The van der Waals surface area contributed by atoms with Crippen molar-refractivity contribution in [2.45, 2.75) is 25.3 Å². The van der Waals surface area contributed by atoms with Crippen molar-refractivity contribution in [3.05, 3.63) is 0 Å². The topological polar surface area (TPSA) is 84.7 Å². The molecular formula is C11H21N3O3. The van der Waals surface area contributed by atoms with E-state index >= 15 is 0 Å². The Morgan fingerprint density at radius 3 is 3.06 bits per heavy atom. The van der Waals surface area contributed by atoms with Crippen LogP contribution in [0.5, 0.6) is 0 Å². The summed E-state index contributed by atoms with van der Waals surface area (Å²) in [5.74, 6) is -0.0779. The van der Waals surface area contributed by atoms with Crippen molar-refractivity contribution < 1.29 is 14.3 Å². The molecule has 0 aromatic carbocycles. The Hall–Kier alpha value is -1.14. The highest BCUT2D eigenvalue weighted by Crippen LogP contribution is 2.03. The first kappa shape index (κ1) is 13.9. The van der Waals surface area contributed by atoms with Crippen LogP contribution in [0, 0.1) is 0 Å². The Balaban J connectivity index is 2.36. The van der Waals surface area contributed by atoms with E-state index in [0.717, 1.165) is 6.42 Å². The van der Waals surface area contributed by atoms with Crippen molar-refractivity contribution in [1.82, 2.24) is 10.2 Å². The fourth-order valence-electron chi connectivity index (χ4n) is 1.79. The molecule has 0 radical (unpaired) electrons. The van der Waals surface area contributed by atoms with E-state index in [4.69, 9.17) is 10.5 Å². The molecule has 1 atom stereocenters. The third kappa shape index (κ3) is 4.70. The largest absolute Gasteiger partial charge is 0.385 e. The molecule has 98 valence electrons. The van der Waals surface area contributed by atoms with Gasteiger partial charge in [-0.1, -0.05) is 0 Å². The van der Waals surface area contributed by atoms with E-state index < -0.39 is 6.04 Å². The first-order valence-corrected chi connectivity index (χ1v) is 5.95. The van der Waals surface area contributed by atoms with Crippen LogP contribution < -0.4 is 11.1 Å². The minimum atomic E-state index is -0.488. The SMILES string of the molecule is COCCCC(N)C(=O)N1CCNC(=O)CC1. The summed E-state index contributed by atoms with van der Waals surface area (Å²) in [5.41, 5.74) is 5.82. The maximum Gasteiger partial charge on any atom is 0.239 e. The first-order valence-electron chi connectivity index (χ1n) is 5.95. The van der Waals surface area contributed by atoms with Crippen LogP contribution in [0.4, 0.5) is 0 Å². The number of nitrogens with two attached hydrogens (primary N) is 1. The number of nitrogens with one attached hydrogen (secondary N) is 1. The molecule has 1 aliphatic heterocycles. The van der Waals surface area contributed by atoms with E-state index in [1.807, 2.05) is 0 Å². The van der Waals surface area contributed by atoms with E-state index in [0.29, 0.717) is 39.1 Å². The summed E-state index contributed by atoms with van der Waals surface area (Å²) in [4.78, 5) is 24.8. The minimum absolute atomic E-state index is 0.00625. The molecule has 3 N–H and O–H groups in total. The van der Waals surface area contributed by atoms with Gasteiger partial charge < -0.3 is 20.7 Å². The maximum absolute atomic E-state index is 12.0. The van der Waals surface area contributed by atoms with Gasteiger partial charge in [0.25, 0.3) is 0 Å². The van der Waals surface area contributed by atoms with Crippen LogP contribution in [0.2, 0.25) is 0 Å².